The number of nitrogens with zero attached hydrogens (tertiary/aromatic N) is 2. The number of carbonyl (C=O) groups excluding carboxylic acids is 1. The van der Waals surface area contributed by atoms with Crippen LogP contribution in [0.2, 0.25) is 0 Å². The minimum absolute atomic E-state index is 0.0218. The molecular formula is C16H24N4O3. The number of urea groups is 1. The smallest absolute Gasteiger partial charge is 0.320 e. The zero-order valence-electron chi connectivity index (χ0n) is 13.8. The summed E-state index contributed by atoms with van der Waals surface area (Å²) in [5.41, 5.74) is 1.94. The lowest BCUT2D eigenvalue weighted by Gasteiger charge is -2.15. The highest BCUT2D eigenvalue weighted by molar-refractivity contribution is 5.89. The van der Waals surface area contributed by atoms with Crippen molar-refractivity contribution >= 4 is 11.8 Å². The predicted molar refractivity (Wildman–Crippen MR) is 87.3 cm³/mol. The minimum Gasteiger partial charge on any atom is -0.469 e. The topological polar surface area (TPSA) is 92.3 Å². The molecule has 2 amide bonds. The van der Waals surface area contributed by atoms with E-state index < -0.39 is 0 Å². The number of aromatic nitrogens is 2. The normalized spacial score (nSPS) is 12.2. The van der Waals surface area contributed by atoms with E-state index in [0.29, 0.717) is 18.8 Å². The first-order valence-electron chi connectivity index (χ1n) is 7.75. The van der Waals surface area contributed by atoms with Gasteiger partial charge in [0.15, 0.2) is 0 Å². The van der Waals surface area contributed by atoms with E-state index in [0.717, 1.165) is 23.4 Å². The van der Waals surface area contributed by atoms with E-state index in [1.165, 1.54) is 0 Å². The summed E-state index contributed by atoms with van der Waals surface area (Å²) >= 11 is 0. The molecule has 0 radical (unpaired) electrons. The van der Waals surface area contributed by atoms with Crippen molar-refractivity contribution in [3.8, 4) is 0 Å². The van der Waals surface area contributed by atoms with Crippen molar-refractivity contribution in [1.82, 2.24) is 15.1 Å². The number of amides is 2. The second-order valence-electron chi connectivity index (χ2n) is 5.56. The Balaban J connectivity index is 1.89. The predicted octanol–water partition coefficient (Wildman–Crippen LogP) is 1.86. The summed E-state index contributed by atoms with van der Waals surface area (Å²) in [6.45, 7) is 4.29. The Labute approximate surface area is 135 Å². The van der Waals surface area contributed by atoms with Crippen molar-refractivity contribution in [2.45, 2.75) is 26.7 Å². The highest BCUT2D eigenvalue weighted by Gasteiger charge is 2.16. The molecule has 0 fully saturated rings. The van der Waals surface area contributed by atoms with Gasteiger partial charge in [0.05, 0.1) is 12.0 Å². The lowest BCUT2D eigenvalue weighted by Crippen LogP contribution is -2.35. The first kappa shape index (κ1) is 17.1. The standard InChI is InChI=1S/C16H24N4O3/c1-4-14-11(2)19-20(3)15(14)18-16(22)17-9-12(10-21)8-13-6-5-7-23-13/h5-7,12,21H,4,8-10H2,1-3H3,(H2,17,18,22)/t12-/m0/s1. The van der Waals surface area contributed by atoms with Crippen LogP contribution in [0.25, 0.3) is 0 Å². The van der Waals surface area contributed by atoms with Gasteiger partial charge < -0.3 is 14.8 Å². The second kappa shape index (κ2) is 7.82. The summed E-state index contributed by atoms with van der Waals surface area (Å²) in [5, 5.41) is 19.4. The van der Waals surface area contributed by atoms with E-state index in [1.807, 2.05) is 19.9 Å². The number of hydrogen-bond donors (Lipinski definition) is 3. The number of hydrogen-bond acceptors (Lipinski definition) is 4. The number of rotatable bonds is 7. The highest BCUT2D eigenvalue weighted by atomic mass is 16.3. The molecule has 0 bridgehead atoms. The number of aliphatic hydroxyl groups is 1. The molecule has 0 aliphatic heterocycles. The molecule has 0 unspecified atom stereocenters. The molecule has 0 spiro atoms. The molecule has 7 nitrogen and oxygen atoms in total. The average Bonchev–Trinajstić information content (AvgIpc) is 3.12. The van der Waals surface area contributed by atoms with Crippen molar-refractivity contribution in [2.24, 2.45) is 13.0 Å². The van der Waals surface area contributed by atoms with E-state index in [9.17, 15) is 9.90 Å². The van der Waals surface area contributed by atoms with Crippen LogP contribution in [0.5, 0.6) is 0 Å². The molecule has 2 aromatic heterocycles. The number of aryl methyl sites for hydroxylation is 2. The van der Waals surface area contributed by atoms with Gasteiger partial charge in [-0.25, -0.2) is 4.79 Å². The monoisotopic (exact) mass is 320 g/mol. The fourth-order valence-corrected chi connectivity index (χ4v) is 2.58. The Kier molecular flexibility index (Phi) is 5.81. The van der Waals surface area contributed by atoms with Crippen molar-refractivity contribution in [3.63, 3.8) is 0 Å². The first-order valence-corrected chi connectivity index (χ1v) is 7.75. The number of aliphatic hydroxyl groups excluding tert-OH is 1. The molecule has 0 saturated carbocycles. The van der Waals surface area contributed by atoms with Gasteiger partial charge >= 0.3 is 6.03 Å². The van der Waals surface area contributed by atoms with Crippen LogP contribution in [-0.4, -0.2) is 34.1 Å². The number of anilines is 1. The minimum atomic E-state index is -0.305. The summed E-state index contributed by atoms with van der Waals surface area (Å²) in [6, 6.07) is 3.36. The zero-order valence-corrected chi connectivity index (χ0v) is 13.8. The van der Waals surface area contributed by atoms with Crippen LogP contribution in [-0.2, 0) is 19.9 Å². The average molecular weight is 320 g/mol. The molecule has 0 aliphatic carbocycles. The number of furan rings is 1. The highest BCUT2D eigenvalue weighted by Crippen LogP contribution is 2.19. The van der Waals surface area contributed by atoms with E-state index in [1.54, 1.807) is 24.1 Å². The van der Waals surface area contributed by atoms with E-state index in [4.69, 9.17) is 4.42 Å². The molecule has 3 N–H and O–H groups in total. The van der Waals surface area contributed by atoms with Crippen LogP contribution in [0.4, 0.5) is 10.6 Å². The maximum Gasteiger partial charge on any atom is 0.320 e. The van der Waals surface area contributed by atoms with Gasteiger partial charge in [-0.05, 0) is 25.5 Å². The quantitative estimate of drug-likeness (QED) is 0.726. The maximum atomic E-state index is 12.1. The number of carbonyl (C=O) groups is 1. The third kappa shape index (κ3) is 4.35. The molecule has 2 aromatic rings. The second-order valence-corrected chi connectivity index (χ2v) is 5.56. The summed E-state index contributed by atoms with van der Waals surface area (Å²) in [7, 11) is 1.80. The first-order chi connectivity index (χ1) is 11.0. The van der Waals surface area contributed by atoms with Gasteiger partial charge in [0.1, 0.15) is 11.6 Å². The maximum absolute atomic E-state index is 12.1. The molecule has 0 saturated heterocycles. The largest absolute Gasteiger partial charge is 0.469 e. The zero-order chi connectivity index (χ0) is 16.8. The third-order valence-corrected chi connectivity index (χ3v) is 3.81. The lowest BCUT2D eigenvalue weighted by molar-refractivity contribution is 0.213. The summed E-state index contributed by atoms with van der Waals surface area (Å²) in [6.07, 6.45) is 2.97. The van der Waals surface area contributed by atoms with Crippen molar-refractivity contribution in [2.75, 3.05) is 18.5 Å². The van der Waals surface area contributed by atoms with Crippen molar-refractivity contribution < 1.29 is 14.3 Å². The Morgan fingerprint density at radius 2 is 2.30 bits per heavy atom. The molecule has 7 heteroatoms. The summed E-state index contributed by atoms with van der Waals surface area (Å²) in [4.78, 5) is 12.1. The van der Waals surface area contributed by atoms with Crippen molar-refractivity contribution in [3.05, 3.63) is 35.4 Å². The van der Waals surface area contributed by atoms with Crippen LogP contribution < -0.4 is 10.6 Å². The van der Waals surface area contributed by atoms with Crippen molar-refractivity contribution in [1.29, 1.82) is 0 Å². The SMILES string of the molecule is CCc1c(C)nn(C)c1NC(=O)NC[C@@H](CO)Cc1ccco1. The van der Waals surface area contributed by atoms with Crippen LogP contribution in [0.15, 0.2) is 22.8 Å². The van der Waals surface area contributed by atoms with Gasteiger partial charge in [0.25, 0.3) is 0 Å². The Bertz CT molecular complexity index is 634. The van der Waals surface area contributed by atoms with Gasteiger partial charge in [0.2, 0.25) is 0 Å². The van der Waals surface area contributed by atoms with Crippen LogP contribution in [0.1, 0.15) is 23.9 Å². The van der Waals surface area contributed by atoms with Gasteiger partial charge in [-0.1, -0.05) is 6.92 Å². The summed E-state index contributed by atoms with van der Waals surface area (Å²) in [5.74, 6) is 1.40. The van der Waals surface area contributed by atoms with Crippen LogP contribution in [0, 0.1) is 12.8 Å². The van der Waals surface area contributed by atoms with Gasteiger partial charge in [-0.15, -0.1) is 0 Å². The molecule has 0 aromatic carbocycles. The third-order valence-electron chi connectivity index (χ3n) is 3.81. The molecule has 126 valence electrons. The fraction of sp³-hybridized carbons (Fsp3) is 0.500. The van der Waals surface area contributed by atoms with E-state index in [2.05, 4.69) is 15.7 Å². The van der Waals surface area contributed by atoms with E-state index >= 15 is 0 Å². The molecule has 0 aliphatic rings. The van der Waals surface area contributed by atoms with Gasteiger partial charge in [0, 0.05) is 38.1 Å². The Hall–Kier alpha value is -2.28. The number of nitrogens with one attached hydrogen (secondary N) is 2. The molecule has 2 rings (SSSR count). The van der Waals surface area contributed by atoms with Gasteiger partial charge in [-0.3, -0.25) is 10.00 Å². The molecule has 1 atom stereocenters. The van der Waals surface area contributed by atoms with E-state index in [-0.39, 0.29) is 18.6 Å². The summed E-state index contributed by atoms with van der Waals surface area (Å²) < 4.78 is 6.93. The van der Waals surface area contributed by atoms with Gasteiger partial charge in [-0.2, -0.15) is 5.10 Å². The lowest BCUT2D eigenvalue weighted by atomic mass is 10.1. The Morgan fingerprint density at radius 1 is 1.52 bits per heavy atom. The molecular weight excluding hydrogens is 296 g/mol. The molecule has 23 heavy (non-hydrogen) atoms. The van der Waals surface area contributed by atoms with Crippen LogP contribution in [0.3, 0.4) is 0 Å². The van der Waals surface area contributed by atoms with Crippen LogP contribution >= 0.6 is 0 Å². The molecule has 2 heterocycles. The Morgan fingerprint density at radius 3 is 2.91 bits per heavy atom. The fourth-order valence-electron chi connectivity index (χ4n) is 2.58.